The van der Waals surface area contributed by atoms with Gasteiger partial charge in [-0.3, -0.25) is 9.69 Å². The lowest BCUT2D eigenvalue weighted by Gasteiger charge is -2.61. The van der Waals surface area contributed by atoms with Gasteiger partial charge < -0.3 is 24.0 Å². The number of hydrogen-bond donors (Lipinski definition) is 1. The number of ether oxygens (including phenoxy) is 1. The fourth-order valence-corrected chi connectivity index (χ4v) is 4.87. The second-order valence-electron chi connectivity index (χ2n) is 8.29. The van der Waals surface area contributed by atoms with Gasteiger partial charge in [0.1, 0.15) is 18.0 Å². The number of urea groups is 1. The maximum atomic E-state index is 13.1. The van der Waals surface area contributed by atoms with Crippen molar-refractivity contribution in [1.29, 1.82) is 0 Å². The fraction of sp³-hybridized carbons (Fsp3) is 0.318. The topological polar surface area (TPSA) is 90.6 Å². The number of benzene rings is 1. The molecule has 1 aromatic carbocycles. The Morgan fingerprint density at radius 1 is 1.16 bits per heavy atom. The summed E-state index contributed by atoms with van der Waals surface area (Å²) in [6, 6.07) is 9.73. The predicted molar refractivity (Wildman–Crippen MR) is 120 cm³/mol. The number of hydrogen-bond acceptors (Lipinski definition) is 5. The highest BCUT2D eigenvalue weighted by atomic mass is 35.5. The van der Waals surface area contributed by atoms with Crippen LogP contribution in [0.2, 0.25) is 5.02 Å². The van der Waals surface area contributed by atoms with E-state index >= 15 is 0 Å². The minimum absolute atomic E-state index is 0.0553. The van der Waals surface area contributed by atoms with E-state index in [1.165, 1.54) is 5.69 Å². The summed E-state index contributed by atoms with van der Waals surface area (Å²) in [6.45, 7) is 4.35. The highest BCUT2D eigenvalue weighted by Crippen LogP contribution is 2.43. The van der Waals surface area contributed by atoms with Crippen LogP contribution in [0.3, 0.4) is 0 Å². The minimum Gasteiger partial charge on any atom is -0.489 e. The van der Waals surface area contributed by atoms with E-state index in [0.717, 1.165) is 37.5 Å². The molecule has 0 unspecified atom stereocenters. The van der Waals surface area contributed by atoms with Crippen LogP contribution in [0.4, 0.5) is 16.2 Å². The van der Waals surface area contributed by atoms with Crippen molar-refractivity contribution in [3.8, 4) is 5.75 Å². The molecule has 6 rings (SSSR count). The quantitative estimate of drug-likeness (QED) is 0.567. The number of amides is 2. The van der Waals surface area contributed by atoms with Gasteiger partial charge in [-0.05, 0) is 18.2 Å². The summed E-state index contributed by atoms with van der Waals surface area (Å²) in [5.41, 5.74) is 3.17. The number of halogens is 1. The van der Waals surface area contributed by atoms with Crippen molar-refractivity contribution in [1.82, 2.24) is 14.3 Å². The van der Waals surface area contributed by atoms with Gasteiger partial charge in [0.15, 0.2) is 0 Å². The summed E-state index contributed by atoms with van der Waals surface area (Å²) in [5.74, 6) is 0.677. The Morgan fingerprint density at radius 2 is 1.94 bits per heavy atom. The number of anilines is 2. The van der Waals surface area contributed by atoms with Gasteiger partial charge in [-0.25, -0.2) is 9.78 Å². The van der Waals surface area contributed by atoms with Crippen LogP contribution in [0.15, 0.2) is 48.9 Å². The van der Waals surface area contributed by atoms with E-state index in [9.17, 15) is 4.79 Å². The van der Waals surface area contributed by atoms with Crippen LogP contribution in [0.1, 0.15) is 0 Å². The summed E-state index contributed by atoms with van der Waals surface area (Å²) >= 11 is 6.05. The van der Waals surface area contributed by atoms with E-state index in [4.69, 9.17) is 26.2 Å². The van der Waals surface area contributed by atoms with Crippen LogP contribution < -0.4 is 14.5 Å². The first-order chi connectivity index (χ1) is 15.5. The van der Waals surface area contributed by atoms with Crippen molar-refractivity contribution in [3.63, 3.8) is 0 Å². The molecule has 3 aliphatic rings. The van der Waals surface area contributed by atoms with Gasteiger partial charge in [0, 0.05) is 73.0 Å². The molecule has 32 heavy (non-hydrogen) atoms. The summed E-state index contributed by atoms with van der Waals surface area (Å²) in [6.07, 6.45) is 5.80. The van der Waals surface area contributed by atoms with Crippen molar-refractivity contribution in [2.75, 3.05) is 49.1 Å². The molecular weight excluding hydrogens is 434 g/mol. The van der Waals surface area contributed by atoms with E-state index in [-0.39, 0.29) is 17.9 Å². The largest absolute Gasteiger partial charge is 0.489 e. The first-order valence-corrected chi connectivity index (χ1v) is 10.6. The van der Waals surface area contributed by atoms with Gasteiger partial charge in [0.2, 0.25) is 0 Å². The number of pyridine rings is 1. The zero-order chi connectivity index (χ0) is 22.3. The molecule has 5 heterocycles. The number of likely N-dealkylation sites (tertiary alicyclic amines) is 1. The molecule has 0 bridgehead atoms. The summed E-state index contributed by atoms with van der Waals surface area (Å²) in [5, 5.41) is 7.50. The van der Waals surface area contributed by atoms with Gasteiger partial charge in [-0.1, -0.05) is 11.6 Å². The van der Waals surface area contributed by atoms with Gasteiger partial charge in [0.05, 0.1) is 12.2 Å². The molecule has 2 amide bonds. The minimum atomic E-state index is -0.250. The number of carboxylic acid groups (broad SMARTS) is 1. The molecule has 3 aromatic rings. The molecule has 0 atom stereocenters. The van der Waals surface area contributed by atoms with Crippen molar-refractivity contribution < 1.29 is 19.4 Å². The number of carbonyl (C=O) groups excluding carboxylic acids is 1. The average Bonchev–Trinajstić information content (AvgIpc) is 3.19. The highest BCUT2D eigenvalue weighted by molar-refractivity contribution is 6.30. The highest BCUT2D eigenvalue weighted by Gasteiger charge is 2.54. The monoisotopic (exact) mass is 455 g/mol. The summed E-state index contributed by atoms with van der Waals surface area (Å²) in [7, 11) is 0. The molecule has 0 radical (unpaired) electrons. The maximum absolute atomic E-state index is 13.1. The molecule has 0 aliphatic carbocycles. The average molecular weight is 456 g/mol. The Balaban J connectivity index is 0.000000684. The Labute approximate surface area is 189 Å². The summed E-state index contributed by atoms with van der Waals surface area (Å²) in [4.78, 5) is 31.9. The van der Waals surface area contributed by atoms with E-state index in [0.29, 0.717) is 23.9 Å². The van der Waals surface area contributed by atoms with Crippen molar-refractivity contribution >= 4 is 41.1 Å². The molecule has 2 fully saturated rings. The molecule has 3 aliphatic heterocycles. The molecular formula is C22H22ClN5O4. The van der Waals surface area contributed by atoms with Gasteiger partial charge >= 0.3 is 6.03 Å². The smallest absolute Gasteiger partial charge is 0.324 e. The number of rotatable bonds is 1. The molecule has 1 N–H and O–H groups in total. The third kappa shape index (κ3) is 3.48. The van der Waals surface area contributed by atoms with E-state index in [1.807, 2.05) is 38.9 Å². The standard InChI is InChI=1S/C21H20ClN5O2.CH2O2/c22-15-1-2-17-18(9-15)29-8-7-27(17)20(28)26-13-21(14-26)11-25(12-21)16-3-5-24-6-4-23-19(24)10-16;2-1-3/h1-6,9-10H,7-8,11-14H2;1H,(H,2,3). The van der Waals surface area contributed by atoms with Crippen molar-refractivity contribution in [2.45, 2.75) is 0 Å². The van der Waals surface area contributed by atoms with Gasteiger partial charge in [0.25, 0.3) is 6.47 Å². The third-order valence-corrected chi connectivity index (χ3v) is 6.37. The van der Waals surface area contributed by atoms with Crippen LogP contribution in [-0.4, -0.2) is 71.2 Å². The second-order valence-corrected chi connectivity index (χ2v) is 8.73. The van der Waals surface area contributed by atoms with E-state index < -0.39 is 0 Å². The molecule has 2 aromatic heterocycles. The van der Waals surface area contributed by atoms with Crippen molar-refractivity contribution in [2.24, 2.45) is 5.41 Å². The zero-order valence-electron chi connectivity index (χ0n) is 17.2. The lowest BCUT2D eigenvalue weighted by atomic mass is 9.72. The van der Waals surface area contributed by atoms with Gasteiger partial charge in [-0.15, -0.1) is 0 Å². The third-order valence-electron chi connectivity index (χ3n) is 6.14. The lowest BCUT2D eigenvalue weighted by Crippen LogP contribution is -2.74. The SMILES string of the molecule is O=C(N1CC2(C1)CN(c1ccn3ccnc3c1)C2)N1CCOc2cc(Cl)ccc21.O=CO. The number of fused-ring (bicyclic) bond motifs is 2. The molecule has 10 heteroatoms. The summed E-state index contributed by atoms with van der Waals surface area (Å²) < 4.78 is 7.68. The van der Waals surface area contributed by atoms with Crippen LogP contribution in [0, 0.1) is 5.41 Å². The maximum Gasteiger partial charge on any atom is 0.324 e. The predicted octanol–water partition coefficient (Wildman–Crippen LogP) is 2.83. The number of carbonyl (C=O) groups is 2. The first-order valence-electron chi connectivity index (χ1n) is 10.3. The van der Waals surface area contributed by atoms with E-state index in [1.54, 1.807) is 12.1 Å². The first kappa shape index (κ1) is 20.4. The lowest BCUT2D eigenvalue weighted by molar-refractivity contribution is -0.122. The molecule has 9 nitrogen and oxygen atoms in total. The Bertz CT molecular complexity index is 1170. The zero-order valence-corrected chi connectivity index (χ0v) is 18.0. The Hall–Kier alpha value is -3.46. The number of nitrogens with zero attached hydrogens (tertiary/aromatic N) is 5. The molecule has 166 valence electrons. The van der Waals surface area contributed by atoms with Crippen LogP contribution in [0.5, 0.6) is 5.75 Å². The normalized spacial score (nSPS) is 18.1. The molecule has 2 saturated heterocycles. The van der Waals surface area contributed by atoms with Crippen LogP contribution in [-0.2, 0) is 4.79 Å². The second kappa shape index (κ2) is 7.90. The van der Waals surface area contributed by atoms with Crippen molar-refractivity contribution in [3.05, 3.63) is 53.9 Å². The fourth-order valence-electron chi connectivity index (χ4n) is 4.70. The van der Waals surface area contributed by atoms with Crippen LogP contribution in [0.25, 0.3) is 5.65 Å². The van der Waals surface area contributed by atoms with Crippen LogP contribution >= 0.6 is 11.6 Å². The van der Waals surface area contributed by atoms with Gasteiger partial charge in [-0.2, -0.15) is 0 Å². The van der Waals surface area contributed by atoms with E-state index in [2.05, 4.69) is 22.0 Å². The molecule has 0 saturated carbocycles. The molecule has 1 spiro atoms. The Morgan fingerprint density at radius 3 is 2.72 bits per heavy atom. The number of imidazole rings is 1. The Kier molecular flexibility index (Phi) is 5.05. The number of aromatic nitrogens is 2.